The van der Waals surface area contributed by atoms with Crippen LogP contribution in [0.1, 0.15) is 18.2 Å². The number of benzene rings is 1. The van der Waals surface area contributed by atoms with E-state index < -0.39 is 0 Å². The van der Waals surface area contributed by atoms with Crippen LogP contribution in [-0.4, -0.2) is 17.7 Å². The van der Waals surface area contributed by atoms with Gasteiger partial charge >= 0.3 is 0 Å². The van der Waals surface area contributed by atoms with Crippen molar-refractivity contribution in [1.29, 1.82) is 0 Å². The first-order chi connectivity index (χ1) is 9.19. The van der Waals surface area contributed by atoms with Crippen molar-refractivity contribution in [2.45, 2.75) is 20.3 Å². The lowest BCUT2D eigenvalue weighted by molar-refractivity contribution is -0.118. The molecule has 1 amide bonds. The predicted molar refractivity (Wildman–Crippen MR) is 71.2 cm³/mol. The van der Waals surface area contributed by atoms with Gasteiger partial charge in [0, 0.05) is 6.07 Å². The summed E-state index contributed by atoms with van der Waals surface area (Å²) in [5, 5.41) is 6.28. The maximum atomic E-state index is 11.7. The zero-order valence-corrected chi connectivity index (χ0v) is 11.0. The molecule has 0 aliphatic heterocycles. The van der Waals surface area contributed by atoms with Crippen molar-refractivity contribution in [2.75, 3.05) is 11.9 Å². The number of ether oxygens (including phenoxy) is 1. The van der Waals surface area contributed by atoms with Gasteiger partial charge in [0.05, 0.1) is 0 Å². The molecule has 0 radical (unpaired) electrons. The van der Waals surface area contributed by atoms with E-state index in [1.54, 1.807) is 13.0 Å². The Morgan fingerprint density at radius 3 is 2.89 bits per heavy atom. The molecule has 5 heteroatoms. The lowest BCUT2D eigenvalue weighted by Gasteiger charge is -2.09. The SMILES string of the molecule is CCc1ccccc1OCC(=O)Nc1cc(C)on1. The van der Waals surface area contributed by atoms with Crippen molar-refractivity contribution in [1.82, 2.24) is 5.16 Å². The Labute approximate surface area is 111 Å². The topological polar surface area (TPSA) is 64.4 Å². The summed E-state index contributed by atoms with van der Waals surface area (Å²) in [7, 11) is 0. The highest BCUT2D eigenvalue weighted by Crippen LogP contribution is 2.18. The fraction of sp³-hybridized carbons (Fsp3) is 0.286. The quantitative estimate of drug-likeness (QED) is 0.897. The lowest BCUT2D eigenvalue weighted by atomic mass is 10.1. The van der Waals surface area contributed by atoms with E-state index in [-0.39, 0.29) is 12.5 Å². The van der Waals surface area contributed by atoms with Gasteiger partial charge in [-0.05, 0) is 25.0 Å². The molecule has 0 fully saturated rings. The molecule has 0 spiro atoms. The van der Waals surface area contributed by atoms with Crippen LogP contribution in [0.2, 0.25) is 0 Å². The van der Waals surface area contributed by atoms with E-state index in [0.29, 0.717) is 11.6 Å². The Morgan fingerprint density at radius 2 is 2.21 bits per heavy atom. The molecule has 100 valence electrons. The number of hydrogen-bond donors (Lipinski definition) is 1. The molecule has 2 aromatic rings. The normalized spacial score (nSPS) is 10.2. The van der Waals surface area contributed by atoms with E-state index in [1.807, 2.05) is 31.2 Å². The number of amides is 1. The molecule has 0 aliphatic rings. The first kappa shape index (κ1) is 13.1. The van der Waals surface area contributed by atoms with Gasteiger partial charge in [0.2, 0.25) is 0 Å². The highest BCUT2D eigenvalue weighted by atomic mass is 16.5. The van der Waals surface area contributed by atoms with Crippen LogP contribution in [0.3, 0.4) is 0 Å². The Bertz CT molecular complexity index is 563. The van der Waals surface area contributed by atoms with E-state index in [4.69, 9.17) is 9.26 Å². The van der Waals surface area contributed by atoms with E-state index in [1.165, 1.54) is 0 Å². The number of anilines is 1. The van der Waals surface area contributed by atoms with Gasteiger partial charge in [-0.25, -0.2) is 0 Å². The van der Waals surface area contributed by atoms with Crippen LogP contribution >= 0.6 is 0 Å². The highest BCUT2D eigenvalue weighted by Gasteiger charge is 2.08. The summed E-state index contributed by atoms with van der Waals surface area (Å²) in [6.07, 6.45) is 0.861. The zero-order chi connectivity index (χ0) is 13.7. The maximum Gasteiger partial charge on any atom is 0.263 e. The Balaban J connectivity index is 1.89. The molecule has 2 rings (SSSR count). The summed E-state index contributed by atoms with van der Waals surface area (Å²) < 4.78 is 10.4. The number of para-hydroxylation sites is 1. The van der Waals surface area contributed by atoms with Crippen LogP contribution in [0.25, 0.3) is 0 Å². The van der Waals surface area contributed by atoms with Crippen molar-refractivity contribution >= 4 is 11.7 Å². The molecule has 1 aromatic heterocycles. The second kappa shape index (κ2) is 6.04. The summed E-state index contributed by atoms with van der Waals surface area (Å²) in [4.78, 5) is 11.7. The monoisotopic (exact) mass is 260 g/mol. The van der Waals surface area contributed by atoms with E-state index in [9.17, 15) is 4.79 Å². The second-order valence-corrected chi connectivity index (χ2v) is 4.12. The van der Waals surface area contributed by atoms with Gasteiger partial charge in [-0.3, -0.25) is 4.79 Å². The van der Waals surface area contributed by atoms with Crippen molar-refractivity contribution in [2.24, 2.45) is 0 Å². The molecule has 0 saturated heterocycles. The van der Waals surface area contributed by atoms with Gasteiger partial charge in [0.15, 0.2) is 12.4 Å². The van der Waals surface area contributed by atoms with Crippen LogP contribution in [0.15, 0.2) is 34.9 Å². The molecule has 0 saturated carbocycles. The van der Waals surface area contributed by atoms with Crippen molar-refractivity contribution in [3.05, 3.63) is 41.7 Å². The number of carbonyl (C=O) groups excluding carboxylic acids is 1. The standard InChI is InChI=1S/C14H16N2O3/c1-3-11-6-4-5-7-12(11)18-9-14(17)15-13-8-10(2)19-16-13/h4-8H,3,9H2,1-2H3,(H,15,16,17). The third kappa shape index (κ3) is 3.58. The molecule has 1 heterocycles. The average Bonchev–Trinajstić information content (AvgIpc) is 2.82. The third-order valence-corrected chi connectivity index (χ3v) is 2.61. The van der Waals surface area contributed by atoms with E-state index in [0.717, 1.165) is 17.7 Å². The Morgan fingerprint density at radius 1 is 1.42 bits per heavy atom. The fourth-order valence-corrected chi connectivity index (χ4v) is 1.68. The summed E-state index contributed by atoms with van der Waals surface area (Å²) in [5.74, 6) is 1.51. The van der Waals surface area contributed by atoms with E-state index >= 15 is 0 Å². The molecular formula is C14H16N2O3. The lowest BCUT2D eigenvalue weighted by Crippen LogP contribution is -2.20. The fourth-order valence-electron chi connectivity index (χ4n) is 1.68. The summed E-state index contributed by atoms with van der Waals surface area (Å²) in [6.45, 7) is 3.75. The second-order valence-electron chi connectivity index (χ2n) is 4.12. The van der Waals surface area contributed by atoms with Gasteiger partial charge < -0.3 is 14.6 Å². The van der Waals surface area contributed by atoms with Crippen LogP contribution in [0, 0.1) is 6.92 Å². The van der Waals surface area contributed by atoms with Gasteiger partial charge in [-0.15, -0.1) is 0 Å². The van der Waals surface area contributed by atoms with E-state index in [2.05, 4.69) is 10.5 Å². The number of aryl methyl sites for hydroxylation is 2. The van der Waals surface area contributed by atoms with Crippen LogP contribution in [0.5, 0.6) is 5.75 Å². The minimum Gasteiger partial charge on any atom is -0.483 e. The first-order valence-corrected chi connectivity index (χ1v) is 6.13. The molecule has 19 heavy (non-hydrogen) atoms. The summed E-state index contributed by atoms with van der Waals surface area (Å²) in [6, 6.07) is 9.32. The molecular weight excluding hydrogens is 244 g/mol. The first-order valence-electron chi connectivity index (χ1n) is 6.13. The minimum absolute atomic E-state index is 0.0527. The minimum atomic E-state index is -0.265. The highest BCUT2D eigenvalue weighted by molar-refractivity contribution is 5.90. The molecule has 1 N–H and O–H groups in total. The smallest absolute Gasteiger partial charge is 0.263 e. The Hall–Kier alpha value is -2.30. The van der Waals surface area contributed by atoms with Crippen molar-refractivity contribution < 1.29 is 14.1 Å². The van der Waals surface area contributed by atoms with Gasteiger partial charge in [-0.1, -0.05) is 30.3 Å². The zero-order valence-electron chi connectivity index (χ0n) is 11.0. The van der Waals surface area contributed by atoms with Gasteiger partial charge in [0.1, 0.15) is 11.5 Å². The summed E-state index contributed by atoms with van der Waals surface area (Å²) >= 11 is 0. The van der Waals surface area contributed by atoms with Crippen molar-refractivity contribution in [3.63, 3.8) is 0 Å². The Kier molecular flexibility index (Phi) is 4.18. The predicted octanol–water partition coefficient (Wildman–Crippen LogP) is 2.56. The molecule has 0 aliphatic carbocycles. The van der Waals surface area contributed by atoms with Crippen molar-refractivity contribution in [3.8, 4) is 5.75 Å². The number of nitrogens with zero attached hydrogens (tertiary/aromatic N) is 1. The number of hydrogen-bond acceptors (Lipinski definition) is 4. The summed E-state index contributed by atoms with van der Waals surface area (Å²) in [5.41, 5.74) is 1.08. The molecule has 5 nitrogen and oxygen atoms in total. The number of carbonyl (C=O) groups is 1. The van der Waals surface area contributed by atoms with Gasteiger partial charge in [-0.2, -0.15) is 0 Å². The van der Waals surface area contributed by atoms with Gasteiger partial charge in [0.25, 0.3) is 5.91 Å². The maximum absolute atomic E-state index is 11.7. The number of nitrogens with one attached hydrogen (secondary N) is 1. The van der Waals surface area contributed by atoms with Crippen LogP contribution < -0.4 is 10.1 Å². The van der Waals surface area contributed by atoms with Crippen LogP contribution in [-0.2, 0) is 11.2 Å². The average molecular weight is 260 g/mol. The number of rotatable bonds is 5. The number of aromatic nitrogens is 1. The molecule has 0 bridgehead atoms. The largest absolute Gasteiger partial charge is 0.483 e. The molecule has 0 atom stereocenters. The molecule has 0 unspecified atom stereocenters. The third-order valence-electron chi connectivity index (χ3n) is 2.61. The van der Waals surface area contributed by atoms with Crippen LogP contribution in [0.4, 0.5) is 5.82 Å². The molecule has 1 aromatic carbocycles.